The number of pyridine rings is 1. The molecule has 0 aliphatic carbocycles. The molecule has 0 aliphatic heterocycles. The van der Waals surface area contributed by atoms with Gasteiger partial charge < -0.3 is 15.2 Å². The largest absolute Gasteiger partial charge is 0.494 e. The number of benzene rings is 2. The number of aryl methyl sites for hydroxylation is 1. The first-order valence-electron chi connectivity index (χ1n) is 9.27. The summed E-state index contributed by atoms with van der Waals surface area (Å²) in [4.78, 5) is 28.5. The fourth-order valence-electron chi connectivity index (χ4n) is 3.04. The van der Waals surface area contributed by atoms with Gasteiger partial charge >= 0.3 is 5.97 Å². The molecule has 1 amide bonds. The van der Waals surface area contributed by atoms with Crippen LogP contribution in [-0.2, 0) is 4.79 Å². The fourth-order valence-corrected chi connectivity index (χ4v) is 3.04. The van der Waals surface area contributed by atoms with E-state index in [1.165, 1.54) is 25.3 Å². The van der Waals surface area contributed by atoms with Crippen LogP contribution in [0.4, 0.5) is 4.39 Å². The maximum atomic E-state index is 13.7. The number of nitrogens with zero attached hydrogens (tertiary/aromatic N) is 1. The van der Waals surface area contributed by atoms with Crippen molar-refractivity contribution in [2.24, 2.45) is 0 Å². The van der Waals surface area contributed by atoms with Gasteiger partial charge in [0.2, 0.25) is 0 Å². The number of carbonyl (C=O) groups is 2. The lowest BCUT2D eigenvalue weighted by Gasteiger charge is -2.18. The summed E-state index contributed by atoms with van der Waals surface area (Å²) in [6, 6.07) is 15.4. The normalized spacial score (nSPS) is 11.6. The third kappa shape index (κ3) is 5.00. The van der Waals surface area contributed by atoms with Crippen molar-refractivity contribution in [1.29, 1.82) is 0 Å². The minimum absolute atomic E-state index is 0.0672. The predicted octanol–water partition coefficient (Wildman–Crippen LogP) is 4.15. The molecular weight excluding hydrogens is 387 g/mol. The number of ether oxygens (including phenoxy) is 1. The van der Waals surface area contributed by atoms with Crippen molar-refractivity contribution in [2.75, 3.05) is 7.11 Å². The molecule has 1 aromatic heterocycles. The van der Waals surface area contributed by atoms with Gasteiger partial charge in [0, 0.05) is 5.56 Å². The summed E-state index contributed by atoms with van der Waals surface area (Å²) in [5.41, 5.74) is 2.54. The molecule has 0 spiro atoms. The van der Waals surface area contributed by atoms with Crippen LogP contribution in [0, 0.1) is 12.7 Å². The number of rotatable bonds is 7. The maximum absolute atomic E-state index is 13.7. The van der Waals surface area contributed by atoms with Crippen molar-refractivity contribution in [2.45, 2.75) is 19.4 Å². The van der Waals surface area contributed by atoms with E-state index in [0.29, 0.717) is 22.6 Å². The number of nitrogens with one attached hydrogen (secondary N) is 1. The first-order chi connectivity index (χ1) is 14.4. The predicted molar refractivity (Wildman–Crippen MR) is 110 cm³/mol. The third-order valence-electron chi connectivity index (χ3n) is 4.57. The minimum atomic E-state index is -1.04. The Morgan fingerprint density at radius 2 is 1.87 bits per heavy atom. The number of carbonyl (C=O) groups excluding carboxylic acids is 1. The van der Waals surface area contributed by atoms with E-state index in [-0.39, 0.29) is 12.1 Å². The number of methoxy groups -OCH3 is 1. The number of hydrogen-bond donors (Lipinski definition) is 2. The summed E-state index contributed by atoms with van der Waals surface area (Å²) < 4.78 is 18.9. The molecule has 0 saturated carbocycles. The van der Waals surface area contributed by atoms with Crippen LogP contribution in [0.15, 0.2) is 60.7 Å². The highest BCUT2D eigenvalue weighted by Gasteiger charge is 2.21. The first-order valence-corrected chi connectivity index (χ1v) is 9.27. The highest BCUT2D eigenvalue weighted by atomic mass is 19.1. The first kappa shape index (κ1) is 21.0. The van der Waals surface area contributed by atoms with Crippen LogP contribution in [0.5, 0.6) is 5.75 Å². The van der Waals surface area contributed by atoms with E-state index in [2.05, 4.69) is 10.3 Å². The maximum Gasteiger partial charge on any atom is 0.305 e. The molecular formula is C23H21FN2O4. The van der Waals surface area contributed by atoms with Gasteiger partial charge in [0.15, 0.2) is 0 Å². The Morgan fingerprint density at radius 1 is 1.13 bits per heavy atom. The Bertz CT molecular complexity index is 1070. The van der Waals surface area contributed by atoms with Gasteiger partial charge in [-0.2, -0.15) is 0 Å². The van der Waals surface area contributed by atoms with E-state index in [1.807, 2.05) is 19.1 Å². The van der Waals surface area contributed by atoms with Crippen LogP contribution in [0.25, 0.3) is 11.3 Å². The summed E-state index contributed by atoms with van der Waals surface area (Å²) in [5.74, 6) is -1.63. The molecule has 2 aromatic carbocycles. The van der Waals surface area contributed by atoms with Crippen LogP contribution in [0.3, 0.4) is 0 Å². The molecule has 30 heavy (non-hydrogen) atoms. The molecule has 2 N–H and O–H groups in total. The number of halogens is 1. The molecule has 6 nitrogen and oxygen atoms in total. The second-order valence-corrected chi connectivity index (χ2v) is 6.79. The number of hydrogen-bond acceptors (Lipinski definition) is 4. The quantitative estimate of drug-likeness (QED) is 0.613. The molecule has 0 aliphatic rings. The summed E-state index contributed by atoms with van der Waals surface area (Å²) in [7, 11) is 1.46. The van der Waals surface area contributed by atoms with Crippen molar-refractivity contribution in [3.05, 3.63) is 83.3 Å². The van der Waals surface area contributed by atoms with Crippen molar-refractivity contribution in [3.63, 3.8) is 0 Å². The van der Waals surface area contributed by atoms with Gasteiger partial charge in [0.1, 0.15) is 23.0 Å². The molecule has 0 saturated heterocycles. The zero-order valence-electron chi connectivity index (χ0n) is 16.6. The van der Waals surface area contributed by atoms with Crippen LogP contribution in [0.1, 0.15) is 34.1 Å². The summed E-state index contributed by atoms with van der Waals surface area (Å²) in [5, 5.41) is 12.0. The minimum Gasteiger partial charge on any atom is -0.494 e. The lowest BCUT2D eigenvalue weighted by molar-refractivity contribution is -0.137. The Morgan fingerprint density at radius 3 is 2.50 bits per heavy atom. The van der Waals surface area contributed by atoms with Crippen LogP contribution in [0.2, 0.25) is 0 Å². The van der Waals surface area contributed by atoms with Crippen LogP contribution < -0.4 is 10.1 Å². The van der Waals surface area contributed by atoms with E-state index >= 15 is 0 Å². The highest BCUT2D eigenvalue weighted by Crippen LogP contribution is 2.29. The smallest absolute Gasteiger partial charge is 0.305 e. The Hall–Kier alpha value is -3.74. The van der Waals surface area contributed by atoms with E-state index in [9.17, 15) is 19.1 Å². The summed E-state index contributed by atoms with van der Waals surface area (Å²) >= 11 is 0. The summed E-state index contributed by atoms with van der Waals surface area (Å²) in [6.07, 6.45) is -0.276. The van der Waals surface area contributed by atoms with E-state index in [4.69, 9.17) is 4.74 Å². The van der Waals surface area contributed by atoms with Gasteiger partial charge in [-0.1, -0.05) is 42.0 Å². The number of carboxylic acid groups (broad SMARTS) is 1. The summed E-state index contributed by atoms with van der Waals surface area (Å²) in [6.45, 7) is 1.92. The second-order valence-electron chi connectivity index (χ2n) is 6.79. The average molecular weight is 408 g/mol. The standard InChI is InChI=1S/C23H21FN2O4/c1-14-6-8-15(9-7-14)19(13-21(27)28)26-23(29)18-10-11-20(30-2)22(25-18)16-4-3-5-17(24)12-16/h3-12,19H,13H2,1-2H3,(H,26,29)(H,27,28)/t19-/m0/s1. The molecule has 154 valence electrons. The molecule has 3 aromatic rings. The van der Waals surface area contributed by atoms with Crippen LogP contribution in [-0.4, -0.2) is 29.1 Å². The van der Waals surface area contributed by atoms with Crippen LogP contribution >= 0.6 is 0 Å². The molecule has 0 radical (unpaired) electrons. The SMILES string of the molecule is COc1ccc(C(=O)N[C@@H](CC(=O)O)c2ccc(C)cc2)nc1-c1cccc(F)c1. The molecule has 1 heterocycles. The zero-order valence-corrected chi connectivity index (χ0v) is 16.6. The Kier molecular flexibility index (Phi) is 6.41. The topological polar surface area (TPSA) is 88.5 Å². The van der Waals surface area contributed by atoms with Crippen molar-refractivity contribution in [3.8, 4) is 17.0 Å². The van der Waals surface area contributed by atoms with Crippen molar-refractivity contribution < 1.29 is 23.8 Å². The monoisotopic (exact) mass is 408 g/mol. The lowest BCUT2D eigenvalue weighted by atomic mass is 10.0. The molecule has 0 unspecified atom stereocenters. The van der Waals surface area contributed by atoms with Gasteiger partial charge in [0.25, 0.3) is 5.91 Å². The van der Waals surface area contributed by atoms with Gasteiger partial charge in [-0.15, -0.1) is 0 Å². The van der Waals surface area contributed by atoms with Gasteiger partial charge in [-0.05, 0) is 36.8 Å². The van der Waals surface area contributed by atoms with Gasteiger partial charge in [-0.25, -0.2) is 9.37 Å². The fraction of sp³-hybridized carbons (Fsp3) is 0.174. The Labute approximate surface area is 173 Å². The highest BCUT2D eigenvalue weighted by molar-refractivity contribution is 5.93. The van der Waals surface area contributed by atoms with Crippen molar-refractivity contribution in [1.82, 2.24) is 10.3 Å². The van der Waals surface area contributed by atoms with E-state index in [0.717, 1.165) is 5.56 Å². The van der Waals surface area contributed by atoms with Gasteiger partial charge in [-0.3, -0.25) is 9.59 Å². The number of carboxylic acids is 1. The van der Waals surface area contributed by atoms with E-state index in [1.54, 1.807) is 30.3 Å². The Balaban J connectivity index is 1.92. The molecule has 3 rings (SSSR count). The lowest BCUT2D eigenvalue weighted by Crippen LogP contribution is -2.30. The third-order valence-corrected chi connectivity index (χ3v) is 4.57. The average Bonchev–Trinajstić information content (AvgIpc) is 2.73. The molecule has 0 bridgehead atoms. The zero-order chi connectivity index (χ0) is 21.7. The van der Waals surface area contributed by atoms with Gasteiger partial charge in [0.05, 0.1) is 19.6 Å². The molecule has 1 atom stereocenters. The van der Waals surface area contributed by atoms with Crippen molar-refractivity contribution >= 4 is 11.9 Å². The number of aromatic nitrogens is 1. The molecule has 0 fully saturated rings. The van der Waals surface area contributed by atoms with E-state index < -0.39 is 23.7 Å². The number of amides is 1. The number of aliphatic carboxylic acids is 1. The molecule has 7 heteroatoms. The second kappa shape index (κ2) is 9.17.